The third kappa shape index (κ3) is 4.32. The highest BCUT2D eigenvalue weighted by molar-refractivity contribution is 6.31. The molecule has 19 heavy (non-hydrogen) atoms. The predicted octanol–water partition coefficient (Wildman–Crippen LogP) is 3.46. The number of hydrogen-bond donors (Lipinski definition) is 1. The second-order valence-corrected chi connectivity index (χ2v) is 5.63. The molecule has 2 nitrogen and oxygen atoms in total. The molecule has 0 spiro atoms. The Bertz CT molecular complexity index is 414. The lowest BCUT2D eigenvalue weighted by Gasteiger charge is -2.38. The van der Waals surface area contributed by atoms with Gasteiger partial charge in [0.2, 0.25) is 0 Å². The first-order valence-electron chi connectivity index (χ1n) is 6.48. The lowest BCUT2D eigenvalue weighted by Crippen LogP contribution is -2.45. The fourth-order valence-electron chi connectivity index (χ4n) is 2.64. The molecule has 1 aromatic rings. The number of piperidine rings is 1. The second kappa shape index (κ2) is 7.44. The third-order valence-corrected chi connectivity index (χ3v) is 4.12. The van der Waals surface area contributed by atoms with Crippen molar-refractivity contribution in [1.29, 1.82) is 0 Å². The van der Waals surface area contributed by atoms with Crippen molar-refractivity contribution < 1.29 is 4.39 Å². The molecule has 2 unspecified atom stereocenters. The Hall–Kier alpha value is -0.350. The normalized spacial score (nSPS) is 24.0. The first-order chi connectivity index (χ1) is 8.60. The minimum Gasteiger partial charge on any atom is -0.329 e. The molecule has 108 valence electrons. The third-order valence-electron chi connectivity index (χ3n) is 3.75. The molecule has 1 fully saturated rings. The first-order valence-corrected chi connectivity index (χ1v) is 6.86. The Labute approximate surface area is 125 Å². The van der Waals surface area contributed by atoms with E-state index in [2.05, 4.69) is 11.8 Å². The van der Waals surface area contributed by atoms with Crippen LogP contribution in [-0.4, -0.2) is 24.0 Å². The van der Waals surface area contributed by atoms with E-state index < -0.39 is 0 Å². The highest BCUT2D eigenvalue weighted by atomic mass is 35.5. The van der Waals surface area contributed by atoms with Gasteiger partial charge in [0.15, 0.2) is 0 Å². The lowest BCUT2D eigenvalue weighted by atomic mass is 9.92. The van der Waals surface area contributed by atoms with Gasteiger partial charge >= 0.3 is 0 Å². The summed E-state index contributed by atoms with van der Waals surface area (Å²) in [7, 11) is 0. The average molecular weight is 307 g/mol. The maximum absolute atomic E-state index is 13.2. The Kier molecular flexibility index (Phi) is 6.54. The summed E-state index contributed by atoms with van der Waals surface area (Å²) in [5.41, 5.74) is 6.68. The number of rotatable bonds is 3. The van der Waals surface area contributed by atoms with E-state index in [9.17, 15) is 4.39 Å². The van der Waals surface area contributed by atoms with Crippen molar-refractivity contribution in [1.82, 2.24) is 4.90 Å². The van der Waals surface area contributed by atoms with Gasteiger partial charge in [0.05, 0.1) is 0 Å². The Morgan fingerprint density at radius 2 is 2.21 bits per heavy atom. The fourth-order valence-corrected chi connectivity index (χ4v) is 2.81. The van der Waals surface area contributed by atoms with Gasteiger partial charge in [-0.15, -0.1) is 12.4 Å². The van der Waals surface area contributed by atoms with Crippen molar-refractivity contribution in [3.8, 4) is 0 Å². The molecule has 0 amide bonds. The summed E-state index contributed by atoms with van der Waals surface area (Å²) in [6.45, 7) is 4.60. The van der Waals surface area contributed by atoms with Crippen molar-refractivity contribution in [2.75, 3.05) is 13.1 Å². The number of halogens is 3. The summed E-state index contributed by atoms with van der Waals surface area (Å²) in [5.74, 6) is 0.488. The van der Waals surface area contributed by atoms with E-state index in [0.717, 1.165) is 24.4 Å². The van der Waals surface area contributed by atoms with Gasteiger partial charge in [0.1, 0.15) is 5.82 Å². The molecule has 0 bridgehead atoms. The monoisotopic (exact) mass is 306 g/mol. The van der Waals surface area contributed by atoms with E-state index in [-0.39, 0.29) is 18.2 Å². The van der Waals surface area contributed by atoms with Gasteiger partial charge in [0.25, 0.3) is 0 Å². The van der Waals surface area contributed by atoms with E-state index >= 15 is 0 Å². The molecule has 1 saturated heterocycles. The zero-order chi connectivity index (χ0) is 13.1. The molecule has 0 aliphatic carbocycles. The predicted molar refractivity (Wildman–Crippen MR) is 80.3 cm³/mol. The first kappa shape index (κ1) is 16.7. The summed E-state index contributed by atoms with van der Waals surface area (Å²) in [6, 6.07) is 4.92. The molecule has 1 aliphatic heterocycles. The zero-order valence-corrected chi connectivity index (χ0v) is 12.7. The highest BCUT2D eigenvalue weighted by Crippen LogP contribution is 2.26. The van der Waals surface area contributed by atoms with E-state index in [1.807, 2.05) is 0 Å². The van der Waals surface area contributed by atoms with E-state index in [1.54, 1.807) is 6.07 Å². The van der Waals surface area contributed by atoms with Gasteiger partial charge in [-0.25, -0.2) is 4.39 Å². The zero-order valence-electron chi connectivity index (χ0n) is 11.1. The van der Waals surface area contributed by atoms with Crippen LogP contribution >= 0.6 is 24.0 Å². The van der Waals surface area contributed by atoms with Gasteiger partial charge in [-0.3, -0.25) is 4.90 Å². The van der Waals surface area contributed by atoms with Crippen LogP contribution in [0.15, 0.2) is 18.2 Å². The van der Waals surface area contributed by atoms with Crippen LogP contribution in [0.5, 0.6) is 0 Å². The molecule has 1 aliphatic rings. The lowest BCUT2D eigenvalue weighted by molar-refractivity contribution is 0.115. The van der Waals surface area contributed by atoms with Gasteiger partial charge < -0.3 is 5.73 Å². The van der Waals surface area contributed by atoms with Crippen LogP contribution in [0.1, 0.15) is 25.3 Å². The van der Waals surface area contributed by atoms with Gasteiger partial charge in [-0.2, -0.15) is 0 Å². The van der Waals surface area contributed by atoms with E-state index in [1.165, 1.54) is 18.6 Å². The van der Waals surface area contributed by atoms with Crippen molar-refractivity contribution in [3.63, 3.8) is 0 Å². The Morgan fingerprint density at radius 3 is 2.89 bits per heavy atom. The molecule has 2 atom stereocenters. The van der Waals surface area contributed by atoms with Crippen molar-refractivity contribution in [2.45, 2.75) is 32.4 Å². The minimum absolute atomic E-state index is 0. The number of nitrogens with two attached hydrogens (primary N) is 1. The maximum atomic E-state index is 13.2. The van der Waals surface area contributed by atoms with Crippen LogP contribution in [0, 0.1) is 11.7 Å². The SMILES string of the molecule is CC1CCN(Cc2cc(F)ccc2Cl)C(CN)C1.Cl. The molecule has 5 heteroatoms. The molecule has 0 aromatic heterocycles. The topological polar surface area (TPSA) is 29.3 Å². The minimum atomic E-state index is -0.232. The van der Waals surface area contributed by atoms with Gasteiger partial charge in [-0.1, -0.05) is 18.5 Å². The van der Waals surface area contributed by atoms with E-state index in [0.29, 0.717) is 24.2 Å². The summed E-state index contributed by atoms with van der Waals surface area (Å²) in [4.78, 5) is 2.32. The molecule has 2 N–H and O–H groups in total. The standard InChI is InChI=1S/C14H20ClFN2.ClH/c1-10-4-5-18(13(6-10)8-17)9-11-7-12(16)2-3-14(11)15;/h2-3,7,10,13H,4-6,8-9,17H2,1H3;1H. The van der Waals surface area contributed by atoms with Crippen molar-refractivity contribution in [3.05, 3.63) is 34.6 Å². The molecule has 0 radical (unpaired) electrons. The molecular formula is C14H21Cl2FN2. The maximum Gasteiger partial charge on any atom is 0.123 e. The molecule has 1 aromatic carbocycles. The van der Waals surface area contributed by atoms with E-state index in [4.69, 9.17) is 17.3 Å². The highest BCUT2D eigenvalue weighted by Gasteiger charge is 2.25. The summed E-state index contributed by atoms with van der Waals surface area (Å²) < 4.78 is 13.2. The van der Waals surface area contributed by atoms with Gasteiger partial charge in [-0.05, 0) is 49.1 Å². The summed E-state index contributed by atoms with van der Waals surface area (Å²) >= 11 is 6.11. The summed E-state index contributed by atoms with van der Waals surface area (Å²) in [5, 5.41) is 0.630. The van der Waals surface area contributed by atoms with Crippen LogP contribution in [0.2, 0.25) is 5.02 Å². The average Bonchev–Trinajstić information content (AvgIpc) is 2.36. The van der Waals surface area contributed by atoms with Crippen LogP contribution < -0.4 is 5.73 Å². The Morgan fingerprint density at radius 1 is 1.47 bits per heavy atom. The number of nitrogens with zero attached hydrogens (tertiary/aromatic N) is 1. The number of hydrogen-bond acceptors (Lipinski definition) is 2. The van der Waals surface area contributed by atoms with Crippen molar-refractivity contribution in [2.24, 2.45) is 11.7 Å². The van der Waals surface area contributed by atoms with Crippen LogP contribution in [0.3, 0.4) is 0 Å². The number of likely N-dealkylation sites (tertiary alicyclic amines) is 1. The quantitative estimate of drug-likeness (QED) is 0.926. The van der Waals surface area contributed by atoms with Crippen LogP contribution in [-0.2, 0) is 6.54 Å². The van der Waals surface area contributed by atoms with Crippen LogP contribution in [0.25, 0.3) is 0 Å². The molecule has 1 heterocycles. The molecule has 2 rings (SSSR count). The fraction of sp³-hybridized carbons (Fsp3) is 0.571. The van der Waals surface area contributed by atoms with Crippen molar-refractivity contribution >= 4 is 24.0 Å². The van der Waals surface area contributed by atoms with Crippen LogP contribution in [0.4, 0.5) is 4.39 Å². The second-order valence-electron chi connectivity index (χ2n) is 5.23. The molecular weight excluding hydrogens is 286 g/mol. The summed E-state index contributed by atoms with van der Waals surface area (Å²) in [6.07, 6.45) is 2.28. The number of benzene rings is 1. The smallest absolute Gasteiger partial charge is 0.123 e. The Balaban J connectivity index is 0.00000180. The largest absolute Gasteiger partial charge is 0.329 e. The molecule has 0 saturated carbocycles. The van der Waals surface area contributed by atoms with Gasteiger partial charge in [0, 0.05) is 24.2 Å².